The second-order valence-electron chi connectivity index (χ2n) is 5.30. The molecule has 23 heavy (non-hydrogen) atoms. The first-order valence-electron chi connectivity index (χ1n) is 7.49. The standard InChI is InChI=1S/C19H15BN2O/c21-12-13-22-18-14-16(15-6-2-1-3-7-15)8-9-17(18)19(23)20-10-4-5-11-20/h1-11,14,22H,13H2. The van der Waals surface area contributed by atoms with Gasteiger partial charge in [0.25, 0.3) is 6.71 Å². The summed E-state index contributed by atoms with van der Waals surface area (Å²) in [7, 11) is 0. The molecule has 0 radical (unpaired) electrons. The van der Waals surface area contributed by atoms with Gasteiger partial charge in [-0.3, -0.25) is 0 Å². The Labute approximate surface area is 136 Å². The molecule has 3 rings (SSSR count). The summed E-state index contributed by atoms with van der Waals surface area (Å²) in [5.74, 6) is 3.75. The van der Waals surface area contributed by atoms with Gasteiger partial charge in [0.1, 0.15) is 12.2 Å². The van der Waals surface area contributed by atoms with Crippen LogP contribution in [0.1, 0.15) is 10.4 Å². The van der Waals surface area contributed by atoms with E-state index in [1.165, 1.54) is 0 Å². The van der Waals surface area contributed by atoms with Crippen molar-refractivity contribution in [1.82, 2.24) is 0 Å². The molecule has 1 aliphatic heterocycles. The van der Waals surface area contributed by atoms with E-state index < -0.39 is 0 Å². The predicted molar refractivity (Wildman–Crippen MR) is 94.3 cm³/mol. The third kappa shape index (κ3) is 3.24. The molecule has 0 saturated heterocycles. The highest BCUT2D eigenvalue weighted by Crippen LogP contribution is 2.27. The van der Waals surface area contributed by atoms with Crippen molar-refractivity contribution < 1.29 is 4.79 Å². The molecule has 0 bridgehead atoms. The van der Waals surface area contributed by atoms with E-state index in [-0.39, 0.29) is 18.9 Å². The molecule has 1 heterocycles. The summed E-state index contributed by atoms with van der Waals surface area (Å²) in [6.07, 6.45) is 3.76. The van der Waals surface area contributed by atoms with E-state index in [0.29, 0.717) is 11.3 Å². The van der Waals surface area contributed by atoms with Crippen molar-refractivity contribution >= 4 is 18.1 Å². The summed E-state index contributed by atoms with van der Waals surface area (Å²) in [5.41, 5.74) is 3.44. The largest absolute Gasteiger partial charge is 0.372 e. The van der Waals surface area contributed by atoms with Gasteiger partial charge in [-0.2, -0.15) is 5.26 Å². The molecule has 0 atom stereocenters. The molecule has 0 fully saturated rings. The zero-order chi connectivity index (χ0) is 16.1. The fourth-order valence-electron chi connectivity index (χ4n) is 2.64. The monoisotopic (exact) mass is 298 g/mol. The van der Waals surface area contributed by atoms with Crippen molar-refractivity contribution in [3.63, 3.8) is 0 Å². The Morgan fingerprint density at radius 1 is 1.04 bits per heavy atom. The number of carbonyl (C=O) groups excluding carboxylic acids is 1. The third-order valence-electron chi connectivity index (χ3n) is 3.80. The zero-order valence-electron chi connectivity index (χ0n) is 12.6. The first-order valence-corrected chi connectivity index (χ1v) is 7.49. The van der Waals surface area contributed by atoms with Gasteiger partial charge in [0, 0.05) is 11.3 Å². The Kier molecular flexibility index (Phi) is 4.40. The molecule has 1 aliphatic rings. The number of rotatable bonds is 5. The van der Waals surface area contributed by atoms with Crippen LogP contribution in [0.15, 0.2) is 72.6 Å². The van der Waals surface area contributed by atoms with E-state index in [9.17, 15) is 4.79 Å². The molecule has 0 spiro atoms. The van der Waals surface area contributed by atoms with Gasteiger partial charge in [0.2, 0.25) is 0 Å². The number of nitrogens with one attached hydrogen (secondary N) is 1. The summed E-state index contributed by atoms with van der Waals surface area (Å²) < 4.78 is 0. The molecule has 2 aromatic carbocycles. The quantitative estimate of drug-likeness (QED) is 0.676. The molecule has 2 aromatic rings. The smallest absolute Gasteiger partial charge is 0.280 e. The van der Waals surface area contributed by atoms with Crippen molar-refractivity contribution in [2.45, 2.75) is 0 Å². The van der Waals surface area contributed by atoms with Crippen LogP contribution in [0, 0.1) is 11.3 Å². The second-order valence-corrected chi connectivity index (χ2v) is 5.30. The summed E-state index contributed by atoms with van der Waals surface area (Å²) in [5, 5.41) is 11.9. The van der Waals surface area contributed by atoms with Gasteiger partial charge >= 0.3 is 0 Å². The molecular weight excluding hydrogens is 283 g/mol. The lowest BCUT2D eigenvalue weighted by Gasteiger charge is -2.13. The number of nitrogens with zero attached hydrogens (tertiary/aromatic N) is 1. The Bertz CT molecular complexity index is 807. The first-order chi connectivity index (χ1) is 11.3. The van der Waals surface area contributed by atoms with E-state index in [2.05, 4.69) is 11.4 Å². The number of nitriles is 1. The van der Waals surface area contributed by atoms with Crippen molar-refractivity contribution in [2.75, 3.05) is 11.9 Å². The summed E-state index contributed by atoms with van der Waals surface area (Å²) >= 11 is 0. The molecule has 4 heteroatoms. The Hall–Kier alpha value is -3.06. The maximum atomic E-state index is 12.7. The Morgan fingerprint density at radius 3 is 2.48 bits per heavy atom. The van der Waals surface area contributed by atoms with Crippen molar-refractivity contribution in [3.05, 3.63) is 78.2 Å². The molecule has 0 amide bonds. The normalized spacial score (nSPS) is 12.2. The van der Waals surface area contributed by atoms with Crippen LogP contribution in [-0.4, -0.2) is 18.9 Å². The van der Waals surface area contributed by atoms with Gasteiger partial charge < -0.3 is 10.1 Å². The molecule has 0 aromatic heterocycles. The third-order valence-corrected chi connectivity index (χ3v) is 3.80. The number of benzene rings is 2. The number of allylic oxidation sites excluding steroid dienone is 2. The van der Waals surface area contributed by atoms with E-state index in [0.717, 1.165) is 11.1 Å². The lowest BCUT2D eigenvalue weighted by Crippen LogP contribution is -2.22. The van der Waals surface area contributed by atoms with Gasteiger partial charge in [-0.1, -0.05) is 48.6 Å². The topological polar surface area (TPSA) is 52.9 Å². The highest BCUT2D eigenvalue weighted by Gasteiger charge is 2.23. The van der Waals surface area contributed by atoms with E-state index in [1.54, 1.807) is 0 Å². The minimum absolute atomic E-state index is 0.0371. The summed E-state index contributed by atoms with van der Waals surface area (Å²) in [6.45, 7) is -0.0605. The highest BCUT2D eigenvalue weighted by atomic mass is 16.1. The van der Waals surface area contributed by atoms with Gasteiger partial charge in [-0.05, 0) is 23.3 Å². The fourth-order valence-corrected chi connectivity index (χ4v) is 2.64. The van der Waals surface area contributed by atoms with Gasteiger partial charge in [-0.15, -0.1) is 12.0 Å². The number of hydrogen-bond donors (Lipinski definition) is 1. The van der Waals surface area contributed by atoms with E-state index in [4.69, 9.17) is 5.26 Å². The number of carbonyl (C=O) groups is 1. The average Bonchev–Trinajstić information content (AvgIpc) is 3.14. The lowest BCUT2D eigenvalue weighted by molar-refractivity contribution is 0.107. The van der Waals surface area contributed by atoms with Crippen molar-refractivity contribution in [1.29, 1.82) is 5.26 Å². The summed E-state index contributed by atoms with van der Waals surface area (Å²) in [4.78, 5) is 12.7. The minimum atomic E-state index is -0.222. The number of hydrogen-bond acceptors (Lipinski definition) is 3. The molecule has 0 saturated carbocycles. The van der Waals surface area contributed by atoms with Crippen LogP contribution in [0.3, 0.4) is 0 Å². The van der Waals surface area contributed by atoms with Crippen LogP contribution in [0.2, 0.25) is 0 Å². The van der Waals surface area contributed by atoms with Crippen LogP contribution in [0.4, 0.5) is 5.69 Å². The van der Waals surface area contributed by atoms with Gasteiger partial charge in [0.05, 0.1) is 6.07 Å². The van der Waals surface area contributed by atoms with E-state index >= 15 is 0 Å². The SMILES string of the molecule is N#CCNc1cc(-c2ccccc2)ccc1C(=O)B1C=CC=C1. The molecule has 0 aliphatic carbocycles. The van der Waals surface area contributed by atoms with Gasteiger partial charge in [0.15, 0.2) is 0 Å². The molecular formula is C19H15BN2O. The Balaban J connectivity index is 1.99. The zero-order valence-corrected chi connectivity index (χ0v) is 12.6. The van der Waals surface area contributed by atoms with Crippen molar-refractivity contribution in [2.24, 2.45) is 0 Å². The highest BCUT2D eigenvalue weighted by molar-refractivity contribution is 7.00. The maximum absolute atomic E-state index is 12.7. The minimum Gasteiger partial charge on any atom is -0.372 e. The van der Waals surface area contributed by atoms with Gasteiger partial charge in [-0.25, -0.2) is 0 Å². The molecule has 3 nitrogen and oxygen atoms in total. The molecule has 110 valence electrons. The van der Waals surface area contributed by atoms with Crippen LogP contribution in [-0.2, 0) is 0 Å². The Morgan fingerprint density at radius 2 is 1.78 bits per heavy atom. The van der Waals surface area contributed by atoms with Crippen LogP contribution >= 0.6 is 0 Å². The number of anilines is 1. The van der Waals surface area contributed by atoms with Crippen LogP contribution in [0.5, 0.6) is 0 Å². The predicted octanol–water partition coefficient (Wildman–Crippen LogP) is 3.71. The van der Waals surface area contributed by atoms with Crippen LogP contribution in [0.25, 0.3) is 11.1 Å². The first kappa shape index (κ1) is 14.9. The van der Waals surface area contributed by atoms with Crippen LogP contribution < -0.4 is 5.32 Å². The second kappa shape index (κ2) is 6.80. The lowest BCUT2D eigenvalue weighted by atomic mass is 9.47. The molecule has 1 N–H and O–H groups in total. The van der Waals surface area contributed by atoms with Crippen molar-refractivity contribution in [3.8, 4) is 17.2 Å². The molecule has 0 unspecified atom stereocenters. The average molecular weight is 298 g/mol. The van der Waals surface area contributed by atoms with E-state index in [1.807, 2.05) is 72.6 Å². The maximum Gasteiger partial charge on any atom is 0.280 e. The summed E-state index contributed by atoms with van der Waals surface area (Å²) in [6, 6.07) is 17.7. The fraction of sp³-hybridized carbons (Fsp3) is 0.0526.